The Morgan fingerprint density at radius 2 is 2.05 bits per heavy atom. The Labute approximate surface area is 122 Å². The molecule has 0 spiro atoms. The number of nitrogens with one attached hydrogen (secondary N) is 1. The number of hydrogen-bond acceptors (Lipinski definition) is 4. The van der Waals surface area contributed by atoms with Crippen molar-refractivity contribution in [3.8, 4) is 0 Å². The molecule has 1 heterocycles. The van der Waals surface area contributed by atoms with E-state index in [9.17, 15) is 4.79 Å². The van der Waals surface area contributed by atoms with Gasteiger partial charge in [-0.1, -0.05) is 6.07 Å². The van der Waals surface area contributed by atoms with Crippen LogP contribution >= 0.6 is 0 Å². The molecule has 0 aliphatic heterocycles. The maximum Gasteiger partial charge on any atom is 0.242 e. The van der Waals surface area contributed by atoms with Crippen LogP contribution in [0.15, 0.2) is 24.5 Å². The fourth-order valence-corrected chi connectivity index (χ4v) is 1.79. The summed E-state index contributed by atoms with van der Waals surface area (Å²) in [4.78, 5) is 20.7. The second-order valence-electron chi connectivity index (χ2n) is 5.77. The quantitative estimate of drug-likeness (QED) is 0.807. The van der Waals surface area contributed by atoms with Gasteiger partial charge in [-0.2, -0.15) is 0 Å². The van der Waals surface area contributed by atoms with Crippen LogP contribution in [-0.2, 0) is 11.3 Å². The molecule has 0 aliphatic rings. The van der Waals surface area contributed by atoms with Crippen molar-refractivity contribution in [2.24, 2.45) is 0 Å². The van der Waals surface area contributed by atoms with Gasteiger partial charge in [-0.3, -0.25) is 9.78 Å². The molecule has 0 atom stereocenters. The zero-order valence-electron chi connectivity index (χ0n) is 13.2. The number of aromatic nitrogens is 1. The molecule has 112 valence electrons. The first-order chi connectivity index (χ1) is 9.36. The highest BCUT2D eigenvalue weighted by atomic mass is 16.2. The molecular formula is C15H26N4O. The van der Waals surface area contributed by atoms with Gasteiger partial charge in [-0.15, -0.1) is 0 Å². The first-order valence-electron chi connectivity index (χ1n) is 6.88. The van der Waals surface area contributed by atoms with Gasteiger partial charge in [0.25, 0.3) is 0 Å². The average Bonchev–Trinajstić information content (AvgIpc) is 2.43. The molecule has 1 N–H and O–H groups in total. The van der Waals surface area contributed by atoms with Crippen molar-refractivity contribution in [1.82, 2.24) is 20.1 Å². The number of amides is 1. The molecule has 0 fully saturated rings. The first-order valence-corrected chi connectivity index (χ1v) is 6.88. The largest absolute Gasteiger partial charge is 0.335 e. The fraction of sp³-hybridized carbons (Fsp3) is 0.600. The highest BCUT2D eigenvalue weighted by Crippen LogP contribution is 2.11. The lowest BCUT2D eigenvalue weighted by atomic mass is 10.0. The summed E-state index contributed by atoms with van der Waals surface area (Å²) in [5.41, 5.74) is 0.487. The van der Waals surface area contributed by atoms with E-state index < -0.39 is 5.54 Å². The highest BCUT2D eigenvalue weighted by molar-refractivity contribution is 5.85. The molecule has 1 aromatic rings. The van der Waals surface area contributed by atoms with E-state index in [4.69, 9.17) is 0 Å². The van der Waals surface area contributed by atoms with E-state index in [0.717, 1.165) is 12.1 Å². The average molecular weight is 278 g/mol. The normalized spacial score (nSPS) is 11.7. The highest BCUT2D eigenvalue weighted by Gasteiger charge is 2.30. The van der Waals surface area contributed by atoms with E-state index in [1.54, 1.807) is 6.20 Å². The summed E-state index contributed by atoms with van der Waals surface area (Å²) in [6.07, 6.45) is 3.55. The Bertz CT molecular complexity index is 417. The van der Waals surface area contributed by atoms with E-state index in [1.807, 2.05) is 58.2 Å². The van der Waals surface area contributed by atoms with Crippen molar-refractivity contribution in [3.05, 3.63) is 30.1 Å². The van der Waals surface area contributed by atoms with Crippen molar-refractivity contribution in [2.45, 2.75) is 25.9 Å². The third-order valence-corrected chi connectivity index (χ3v) is 3.36. The lowest BCUT2D eigenvalue weighted by Gasteiger charge is -2.32. The molecule has 0 aliphatic carbocycles. The second-order valence-corrected chi connectivity index (χ2v) is 5.77. The molecule has 1 rings (SSSR count). The van der Waals surface area contributed by atoms with Gasteiger partial charge in [0.15, 0.2) is 0 Å². The summed E-state index contributed by atoms with van der Waals surface area (Å²) in [6, 6.07) is 3.89. The van der Waals surface area contributed by atoms with Crippen LogP contribution in [0.1, 0.15) is 19.4 Å². The molecule has 20 heavy (non-hydrogen) atoms. The third-order valence-electron chi connectivity index (χ3n) is 3.36. The molecule has 0 aromatic carbocycles. The van der Waals surface area contributed by atoms with Crippen LogP contribution in [-0.4, -0.2) is 60.5 Å². The molecule has 5 nitrogen and oxygen atoms in total. The Morgan fingerprint density at radius 3 is 2.55 bits per heavy atom. The number of hydrogen-bond donors (Lipinski definition) is 1. The molecule has 0 bridgehead atoms. The minimum Gasteiger partial charge on any atom is -0.335 e. The van der Waals surface area contributed by atoms with Crippen LogP contribution < -0.4 is 5.32 Å². The summed E-state index contributed by atoms with van der Waals surface area (Å²) < 4.78 is 0. The summed E-state index contributed by atoms with van der Waals surface area (Å²) in [6.45, 7) is 5.94. The molecule has 0 unspecified atom stereocenters. The second kappa shape index (κ2) is 7.36. The Balaban J connectivity index is 2.82. The molecule has 1 aromatic heterocycles. The minimum absolute atomic E-state index is 0.103. The van der Waals surface area contributed by atoms with Gasteiger partial charge in [-0.05, 0) is 46.6 Å². The van der Waals surface area contributed by atoms with Gasteiger partial charge in [0.1, 0.15) is 0 Å². The van der Waals surface area contributed by atoms with E-state index >= 15 is 0 Å². The first kappa shape index (κ1) is 16.6. The van der Waals surface area contributed by atoms with Crippen LogP contribution in [0, 0.1) is 0 Å². The molecule has 1 amide bonds. The molecule has 5 heteroatoms. The topological polar surface area (TPSA) is 48.5 Å². The van der Waals surface area contributed by atoms with Crippen LogP contribution in [0.25, 0.3) is 0 Å². The molecule has 0 saturated heterocycles. The predicted molar refractivity (Wildman–Crippen MR) is 81.3 cm³/mol. The number of pyridine rings is 1. The van der Waals surface area contributed by atoms with Crippen molar-refractivity contribution in [3.63, 3.8) is 0 Å². The fourth-order valence-electron chi connectivity index (χ4n) is 1.79. The Morgan fingerprint density at radius 1 is 1.35 bits per heavy atom. The summed E-state index contributed by atoms with van der Waals surface area (Å²) >= 11 is 0. The number of carbonyl (C=O) groups excluding carboxylic acids is 1. The number of likely N-dealkylation sites (N-methyl/N-ethyl adjacent to an activating group) is 2. The summed E-state index contributed by atoms with van der Waals surface area (Å²) in [5, 5.41) is 3.07. The van der Waals surface area contributed by atoms with Gasteiger partial charge in [0, 0.05) is 32.0 Å². The van der Waals surface area contributed by atoms with Crippen LogP contribution in [0.5, 0.6) is 0 Å². The smallest absolute Gasteiger partial charge is 0.242 e. The van der Waals surface area contributed by atoms with Gasteiger partial charge in [0.2, 0.25) is 5.91 Å². The van der Waals surface area contributed by atoms with Crippen LogP contribution in [0.4, 0.5) is 0 Å². The van der Waals surface area contributed by atoms with Gasteiger partial charge >= 0.3 is 0 Å². The van der Waals surface area contributed by atoms with Crippen molar-refractivity contribution in [2.75, 3.05) is 34.2 Å². The van der Waals surface area contributed by atoms with Crippen molar-refractivity contribution in [1.29, 1.82) is 0 Å². The van der Waals surface area contributed by atoms with E-state index in [-0.39, 0.29) is 5.91 Å². The molecule has 0 radical (unpaired) electrons. The number of nitrogens with zero attached hydrogens (tertiary/aromatic N) is 3. The molecular weight excluding hydrogens is 252 g/mol. The van der Waals surface area contributed by atoms with Crippen molar-refractivity contribution >= 4 is 5.91 Å². The Hall–Kier alpha value is -1.46. The third kappa shape index (κ3) is 4.90. The van der Waals surface area contributed by atoms with E-state index in [2.05, 4.69) is 15.2 Å². The standard InChI is InChI=1S/C15H26N4O/c1-15(2,16-3)14(20)19(10-9-18(4)5)12-13-7-6-8-17-11-13/h6-8,11,16H,9-10,12H2,1-5H3. The van der Waals surface area contributed by atoms with Gasteiger partial charge < -0.3 is 15.1 Å². The predicted octanol–water partition coefficient (Wildman–Crippen LogP) is 0.970. The zero-order valence-corrected chi connectivity index (χ0v) is 13.2. The number of rotatable bonds is 7. The maximum absolute atomic E-state index is 12.6. The monoisotopic (exact) mass is 278 g/mol. The summed E-state index contributed by atoms with van der Waals surface area (Å²) in [7, 11) is 5.83. The number of carbonyl (C=O) groups is 1. The van der Waals surface area contributed by atoms with Crippen LogP contribution in [0.3, 0.4) is 0 Å². The Kier molecular flexibility index (Phi) is 6.10. The van der Waals surface area contributed by atoms with E-state index in [1.165, 1.54) is 0 Å². The van der Waals surface area contributed by atoms with Crippen molar-refractivity contribution < 1.29 is 4.79 Å². The van der Waals surface area contributed by atoms with Crippen LogP contribution in [0.2, 0.25) is 0 Å². The SMILES string of the molecule is CNC(C)(C)C(=O)N(CCN(C)C)Cc1cccnc1. The zero-order chi connectivity index (χ0) is 15.2. The van der Waals surface area contributed by atoms with Gasteiger partial charge in [-0.25, -0.2) is 0 Å². The summed E-state index contributed by atoms with van der Waals surface area (Å²) in [5.74, 6) is 0.103. The maximum atomic E-state index is 12.6. The lowest BCUT2D eigenvalue weighted by Crippen LogP contribution is -2.53. The van der Waals surface area contributed by atoms with E-state index in [0.29, 0.717) is 13.1 Å². The lowest BCUT2D eigenvalue weighted by molar-refractivity contribution is -0.137. The minimum atomic E-state index is -0.561. The van der Waals surface area contributed by atoms with Gasteiger partial charge in [0.05, 0.1) is 5.54 Å². The molecule has 0 saturated carbocycles.